The van der Waals surface area contributed by atoms with Crippen molar-refractivity contribution in [3.05, 3.63) is 65.5 Å². The maximum absolute atomic E-state index is 13.0. The Labute approximate surface area is 221 Å². The molecule has 0 unspecified atom stereocenters. The Hall–Kier alpha value is -3.30. The minimum absolute atomic E-state index is 0.0263. The van der Waals surface area contributed by atoms with Crippen molar-refractivity contribution in [2.75, 3.05) is 13.7 Å². The first kappa shape index (κ1) is 27.3. The van der Waals surface area contributed by atoms with E-state index in [1.165, 1.54) is 43.5 Å². The minimum atomic E-state index is -1.74. The average molecular weight is 548 g/mol. The Morgan fingerprint density at radius 1 is 1.10 bits per heavy atom. The van der Waals surface area contributed by atoms with Crippen LogP contribution >= 0.6 is 0 Å². The van der Waals surface area contributed by atoms with Crippen molar-refractivity contribution < 1.29 is 63.9 Å². The zero-order chi connectivity index (χ0) is 28.1. The number of carbonyl (C=O) groups excluding carboxylic acids is 2. The highest BCUT2D eigenvalue weighted by atomic mass is 16.8. The lowest BCUT2D eigenvalue weighted by Crippen LogP contribution is -2.60. The summed E-state index contributed by atoms with van der Waals surface area (Å²) in [5.74, 6) is -3.34. The molecular weight excluding hydrogens is 520 g/mol. The van der Waals surface area contributed by atoms with Crippen molar-refractivity contribution in [2.45, 2.75) is 48.7 Å². The Morgan fingerprint density at radius 2 is 1.82 bits per heavy atom. The van der Waals surface area contributed by atoms with Crippen molar-refractivity contribution in [2.24, 2.45) is 11.8 Å². The van der Waals surface area contributed by atoms with Gasteiger partial charge in [0.2, 0.25) is 6.29 Å². The lowest BCUT2D eigenvalue weighted by molar-refractivity contribution is -0.344. The quantitative estimate of drug-likeness (QED) is 0.181. The summed E-state index contributed by atoms with van der Waals surface area (Å²) in [6, 6.07) is 5.60. The lowest BCUT2D eigenvalue weighted by atomic mass is 9.78. The number of aromatic hydroxyl groups is 1. The summed E-state index contributed by atoms with van der Waals surface area (Å²) in [7, 11) is 1.19. The van der Waals surface area contributed by atoms with E-state index in [1.807, 2.05) is 0 Å². The summed E-state index contributed by atoms with van der Waals surface area (Å²) in [4.78, 5) is 25.5. The van der Waals surface area contributed by atoms with Gasteiger partial charge < -0.3 is 54.3 Å². The van der Waals surface area contributed by atoms with Crippen molar-refractivity contribution in [3.8, 4) is 5.75 Å². The molecule has 0 saturated carbocycles. The molecule has 39 heavy (non-hydrogen) atoms. The molecule has 13 heteroatoms. The van der Waals surface area contributed by atoms with Gasteiger partial charge in [0.05, 0.1) is 37.0 Å². The number of carbonyl (C=O) groups is 2. The monoisotopic (exact) mass is 548 g/mol. The van der Waals surface area contributed by atoms with Gasteiger partial charge in [0.25, 0.3) is 0 Å². The van der Waals surface area contributed by atoms with Crippen molar-refractivity contribution in [3.63, 3.8) is 0 Å². The Kier molecular flexibility index (Phi) is 7.24. The predicted octanol–water partition coefficient (Wildman–Crippen LogP) is -1.32. The number of methoxy groups -OCH3 is 1. The van der Waals surface area contributed by atoms with Crippen LogP contribution in [0.25, 0.3) is 0 Å². The van der Waals surface area contributed by atoms with Gasteiger partial charge in [-0.05, 0) is 29.8 Å². The third-order valence-electron chi connectivity index (χ3n) is 7.38. The summed E-state index contributed by atoms with van der Waals surface area (Å²) in [5.41, 5.74) is -1.27. The van der Waals surface area contributed by atoms with Gasteiger partial charge in [0.1, 0.15) is 36.3 Å². The molecule has 0 aromatic heterocycles. The molecule has 3 aliphatic heterocycles. The third kappa shape index (κ3) is 4.61. The Balaban J connectivity index is 1.49. The molecule has 1 saturated heterocycles. The second-order valence-electron chi connectivity index (χ2n) is 9.65. The van der Waals surface area contributed by atoms with E-state index in [0.29, 0.717) is 5.56 Å². The zero-order valence-electron chi connectivity index (χ0n) is 20.6. The second-order valence-corrected chi connectivity index (χ2v) is 9.65. The first-order chi connectivity index (χ1) is 18.6. The van der Waals surface area contributed by atoms with Crippen LogP contribution < -0.4 is 0 Å². The largest absolute Gasteiger partial charge is 0.508 e. The van der Waals surface area contributed by atoms with Crippen LogP contribution in [0, 0.1) is 11.8 Å². The highest BCUT2D eigenvalue weighted by Gasteiger charge is 2.60. The number of hydrogen-bond donors (Lipinski definition) is 6. The molecule has 10 atom stereocenters. The van der Waals surface area contributed by atoms with Crippen molar-refractivity contribution >= 4 is 11.9 Å². The molecule has 210 valence electrons. The maximum atomic E-state index is 13.0. The van der Waals surface area contributed by atoms with Crippen LogP contribution in [0.1, 0.15) is 11.7 Å². The zero-order valence-corrected chi connectivity index (χ0v) is 20.6. The van der Waals surface area contributed by atoms with Gasteiger partial charge in [0, 0.05) is 5.92 Å². The number of ether oxygens (including phenoxy) is 5. The summed E-state index contributed by atoms with van der Waals surface area (Å²) < 4.78 is 27.6. The number of phenols is 1. The third-order valence-corrected chi connectivity index (χ3v) is 7.38. The molecule has 0 amide bonds. The number of rotatable bonds is 6. The summed E-state index contributed by atoms with van der Waals surface area (Å²) >= 11 is 0. The fraction of sp³-hybridized carbons (Fsp3) is 0.462. The summed E-state index contributed by atoms with van der Waals surface area (Å²) in [6.45, 7) is -0.681. The fourth-order valence-electron chi connectivity index (χ4n) is 5.30. The van der Waals surface area contributed by atoms with Gasteiger partial charge in [-0.1, -0.05) is 18.2 Å². The van der Waals surface area contributed by atoms with Crippen LogP contribution in [0.5, 0.6) is 5.75 Å². The standard InChI is InChI=1S/C26H28O13/c1-35-22(33)15-10-36-24(38-25-21(32)20(31)19(30)16(9-27)37-25)17-13(15)6-7-26(17)8-14(23(34)39-26)18(29)11-2-4-12(28)5-3-11/h2-8,10,13,16-21,24-25,27-32H,9H2,1H3/t13-,16-,17-,18+,19-,20+,21-,24+,25+,26-/m1/s1. The highest BCUT2D eigenvalue weighted by Crippen LogP contribution is 2.51. The lowest BCUT2D eigenvalue weighted by Gasteiger charge is -2.44. The van der Waals surface area contributed by atoms with Crippen LogP contribution in [0.3, 0.4) is 0 Å². The van der Waals surface area contributed by atoms with Crippen molar-refractivity contribution in [1.29, 1.82) is 0 Å². The number of allylic oxidation sites excluding steroid dienone is 1. The number of fused-ring (bicyclic) bond motifs is 2. The van der Waals surface area contributed by atoms with E-state index < -0.39 is 79.1 Å². The summed E-state index contributed by atoms with van der Waals surface area (Å²) in [6.07, 6.45) is -5.05. The maximum Gasteiger partial charge on any atom is 0.338 e. The molecule has 1 spiro atoms. The SMILES string of the molecule is COC(=O)C1=CO[C@@H](O[C@@H]2O[C@H](CO)[C@@H](O)[C@H](O)[C@H]2O)[C@H]2[C@@H]1C=C[C@@]21C=C([C@@H](O)c2ccc(O)cc2)C(=O)O1. The first-order valence-electron chi connectivity index (χ1n) is 12.1. The van der Waals surface area contributed by atoms with E-state index in [2.05, 4.69) is 0 Å². The van der Waals surface area contributed by atoms with Crippen LogP contribution in [-0.4, -0.2) is 98.9 Å². The number of phenolic OH excluding ortho intramolecular Hbond substituents is 1. The fourth-order valence-corrected chi connectivity index (χ4v) is 5.30. The van der Waals surface area contributed by atoms with Gasteiger partial charge >= 0.3 is 11.9 Å². The van der Waals surface area contributed by atoms with Crippen LogP contribution in [0.15, 0.2) is 59.9 Å². The van der Waals surface area contributed by atoms with Gasteiger partial charge in [-0.3, -0.25) is 0 Å². The van der Waals surface area contributed by atoms with E-state index in [1.54, 1.807) is 6.08 Å². The molecule has 0 radical (unpaired) electrons. The van der Waals surface area contributed by atoms with Gasteiger partial charge in [-0.2, -0.15) is 0 Å². The van der Waals surface area contributed by atoms with Crippen LogP contribution in [-0.2, 0) is 33.3 Å². The van der Waals surface area contributed by atoms with E-state index in [0.717, 1.165) is 6.26 Å². The molecule has 6 N–H and O–H groups in total. The molecule has 5 rings (SSSR count). The Bertz CT molecular complexity index is 1200. The Morgan fingerprint density at radius 3 is 2.49 bits per heavy atom. The second kappa shape index (κ2) is 10.4. The minimum Gasteiger partial charge on any atom is -0.508 e. The number of benzene rings is 1. The van der Waals surface area contributed by atoms with Crippen LogP contribution in [0.2, 0.25) is 0 Å². The molecule has 1 aliphatic carbocycles. The average Bonchev–Trinajstić information content (AvgIpc) is 3.48. The molecular formula is C26H28O13. The predicted molar refractivity (Wildman–Crippen MR) is 126 cm³/mol. The normalized spacial score (nSPS) is 37.9. The van der Waals surface area contributed by atoms with E-state index in [9.17, 15) is 40.2 Å². The molecule has 13 nitrogen and oxygen atoms in total. The number of aliphatic hydroxyl groups excluding tert-OH is 5. The summed E-state index contributed by atoms with van der Waals surface area (Å²) in [5, 5.41) is 60.7. The van der Waals surface area contributed by atoms with E-state index in [4.69, 9.17) is 23.7 Å². The van der Waals surface area contributed by atoms with Gasteiger partial charge in [-0.25, -0.2) is 9.59 Å². The van der Waals surface area contributed by atoms with Crippen molar-refractivity contribution in [1.82, 2.24) is 0 Å². The molecule has 3 heterocycles. The molecule has 0 bridgehead atoms. The first-order valence-corrected chi connectivity index (χ1v) is 12.1. The molecule has 1 aromatic carbocycles. The smallest absolute Gasteiger partial charge is 0.338 e. The molecule has 1 fully saturated rings. The van der Waals surface area contributed by atoms with Gasteiger partial charge in [-0.15, -0.1) is 0 Å². The van der Waals surface area contributed by atoms with E-state index >= 15 is 0 Å². The molecule has 1 aromatic rings. The van der Waals surface area contributed by atoms with Gasteiger partial charge in [0.15, 0.2) is 11.9 Å². The topological polar surface area (TPSA) is 202 Å². The van der Waals surface area contributed by atoms with Crippen LogP contribution in [0.4, 0.5) is 0 Å². The van der Waals surface area contributed by atoms with E-state index in [-0.39, 0.29) is 16.9 Å². The molecule has 4 aliphatic rings. The number of aliphatic hydroxyl groups is 5. The number of hydrogen-bond acceptors (Lipinski definition) is 13. The highest BCUT2D eigenvalue weighted by molar-refractivity contribution is 5.94. The number of esters is 2.